The van der Waals surface area contributed by atoms with Gasteiger partial charge in [-0.3, -0.25) is 0 Å². The Morgan fingerprint density at radius 1 is 1.38 bits per heavy atom. The second kappa shape index (κ2) is 7.01. The molecule has 0 unspecified atom stereocenters. The summed E-state index contributed by atoms with van der Waals surface area (Å²) < 4.78 is 5.10. The molecule has 1 aromatic carbocycles. The van der Waals surface area contributed by atoms with Gasteiger partial charge in [0.2, 0.25) is 0 Å². The van der Waals surface area contributed by atoms with Gasteiger partial charge in [0.05, 0.1) is 12.2 Å². The lowest BCUT2D eigenvalue weighted by atomic mass is 10.1. The number of esters is 1. The summed E-state index contributed by atoms with van der Waals surface area (Å²) in [4.78, 5) is 11.5. The fourth-order valence-electron chi connectivity index (χ4n) is 1.35. The lowest BCUT2D eigenvalue weighted by Gasteiger charge is -2.08. The first-order chi connectivity index (χ1) is 7.74. The van der Waals surface area contributed by atoms with Crippen molar-refractivity contribution in [3.63, 3.8) is 0 Å². The molecule has 0 fully saturated rings. The first-order valence-electron chi connectivity index (χ1n) is 5.57. The van der Waals surface area contributed by atoms with Crippen LogP contribution in [0.3, 0.4) is 0 Å². The van der Waals surface area contributed by atoms with Crippen molar-refractivity contribution < 1.29 is 14.6 Å². The zero-order valence-corrected chi connectivity index (χ0v) is 9.56. The summed E-state index contributed by atoms with van der Waals surface area (Å²) in [6, 6.07) is 8.95. The molecule has 0 amide bonds. The second-order valence-corrected chi connectivity index (χ2v) is 3.93. The summed E-state index contributed by atoms with van der Waals surface area (Å²) in [6.45, 7) is 2.57. The van der Waals surface area contributed by atoms with Gasteiger partial charge >= 0.3 is 5.97 Å². The Kier molecular flexibility index (Phi) is 5.57. The molecular formula is C13H18O3. The van der Waals surface area contributed by atoms with Crippen LogP contribution < -0.4 is 0 Å². The van der Waals surface area contributed by atoms with Crippen molar-refractivity contribution in [3.8, 4) is 0 Å². The number of benzene rings is 1. The first kappa shape index (κ1) is 12.7. The summed E-state index contributed by atoms with van der Waals surface area (Å²) in [7, 11) is 0. The van der Waals surface area contributed by atoms with Crippen molar-refractivity contribution in [2.45, 2.75) is 19.8 Å². The van der Waals surface area contributed by atoms with Gasteiger partial charge in [0.1, 0.15) is 0 Å². The van der Waals surface area contributed by atoms with Crippen molar-refractivity contribution in [2.75, 3.05) is 13.2 Å². The number of aliphatic hydroxyl groups is 1. The monoisotopic (exact) mass is 222 g/mol. The van der Waals surface area contributed by atoms with E-state index in [2.05, 4.69) is 0 Å². The molecule has 3 heteroatoms. The normalized spacial score (nSPS) is 12.1. The molecule has 0 aliphatic rings. The molecule has 88 valence electrons. The van der Waals surface area contributed by atoms with E-state index < -0.39 is 0 Å². The Morgan fingerprint density at radius 2 is 2.06 bits per heavy atom. The predicted molar refractivity (Wildman–Crippen MR) is 62.2 cm³/mol. The molecule has 16 heavy (non-hydrogen) atoms. The van der Waals surface area contributed by atoms with Crippen LogP contribution >= 0.6 is 0 Å². The van der Waals surface area contributed by atoms with Crippen molar-refractivity contribution in [1.29, 1.82) is 0 Å². The second-order valence-electron chi connectivity index (χ2n) is 3.93. The zero-order valence-electron chi connectivity index (χ0n) is 9.56. The molecule has 0 saturated carbocycles. The molecule has 0 aliphatic heterocycles. The Bertz CT molecular complexity index is 308. The van der Waals surface area contributed by atoms with E-state index >= 15 is 0 Å². The third kappa shape index (κ3) is 4.45. The van der Waals surface area contributed by atoms with Gasteiger partial charge in [-0.25, -0.2) is 4.79 Å². The Labute approximate surface area is 96.1 Å². The van der Waals surface area contributed by atoms with E-state index in [1.165, 1.54) is 0 Å². The summed E-state index contributed by atoms with van der Waals surface area (Å²) >= 11 is 0. The van der Waals surface area contributed by atoms with E-state index in [1.54, 1.807) is 12.1 Å². The van der Waals surface area contributed by atoms with Gasteiger partial charge in [-0.15, -0.1) is 0 Å². The van der Waals surface area contributed by atoms with Crippen LogP contribution in [0.5, 0.6) is 0 Å². The number of ether oxygens (including phenoxy) is 1. The van der Waals surface area contributed by atoms with Crippen molar-refractivity contribution in [1.82, 2.24) is 0 Å². The van der Waals surface area contributed by atoms with Crippen LogP contribution in [0.25, 0.3) is 0 Å². The molecule has 0 heterocycles. The lowest BCUT2D eigenvalue weighted by molar-refractivity contribution is 0.0491. The molecular weight excluding hydrogens is 204 g/mol. The quantitative estimate of drug-likeness (QED) is 0.593. The molecule has 3 nitrogen and oxygen atoms in total. The topological polar surface area (TPSA) is 46.5 Å². The summed E-state index contributed by atoms with van der Waals surface area (Å²) in [5, 5.41) is 8.81. The highest BCUT2D eigenvalue weighted by Crippen LogP contribution is 2.06. The van der Waals surface area contributed by atoms with E-state index in [-0.39, 0.29) is 18.5 Å². The predicted octanol–water partition coefficient (Wildman–Crippen LogP) is 2.25. The van der Waals surface area contributed by atoms with E-state index in [0.717, 1.165) is 12.8 Å². The SMILES string of the molecule is C[C@H](CO)CCCOC(=O)c1ccccc1. The average Bonchev–Trinajstić information content (AvgIpc) is 2.35. The molecule has 0 aromatic heterocycles. The molecule has 1 rings (SSSR count). The minimum Gasteiger partial charge on any atom is -0.462 e. The van der Waals surface area contributed by atoms with Crippen LogP contribution in [0.4, 0.5) is 0 Å². The third-order valence-corrected chi connectivity index (χ3v) is 2.40. The van der Waals surface area contributed by atoms with Gasteiger partial charge in [0, 0.05) is 6.61 Å². The van der Waals surface area contributed by atoms with Gasteiger partial charge in [0.25, 0.3) is 0 Å². The van der Waals surface area contributed by atoms with E-state index in [1.807, 2.05) is 25.1 Å². The van der Waals surface area contributed by atoms with Crippen LogP contribution in [0.2, 0.25) is 0 Å². The Hall–Kier alpha value is -1.35. The maximum absolute atomic E-state index is 11.5. The molecule has 1 aromatic rings. The standard InChI is InChI=1S/C13H18O3/c1-11(10-14)6-5-9-16-13(15)12-7-3-2-4-8-12/h2-4,7-8,11,14H,5-6,9-10H2,1H3/t11-/m0/s1. The average molecular weight is 222 g/mol. The number of rotatable bonds is 6. The van der Waals surface area contributed by atoms with Gasteiger partial charge in [-0.05, 0) is 30.9 Å². The van der Waals surface area contributed by atoms with Gasteiger partial charge in [-0.2, -0.15) is 0 Å². The fourth-order valence-corrected chi connectivity index (χ4v) is 1.35. The maximum Gasteiger partial charge on any atom is 0.338 e. The van der Waals surface area contributed by atoms with Crippen LogP contribution in [-0.2, 0) is 4.74 Å². The van der Waals surface area contributed by atoms with Crippen LogP contribution in [0, 0.1) is 5.92 Å². The largest absolute Gasteiger partial charge is 0.462 e. The zero-order chi connectivity index (χ0) is 11.8. The Morgan fingerprint density at radius 3 is 2.69 bits per heavy atom. The lowest BCUT2D eigenvalue weighted by Crippen LogP contribution is -2.08. The fraction of sp³-hybridized carbons (Fsp3) is 0.462. The molecule has 0 bridgehead atoms. The molecule has 0 spiro atoms. The number of carbonyl (C=O) groups excluding carboxylic acids is 1. The summed E-state index contributed by atoms with van der Waals surface area (Å²) in [5.74, 6) is -0.00678. The van der Waals surface area contributed by atoms with Crippen LogP contribution in [0.1, 0.15) is 30.1 Å². The maximum atomic E-state index is 11.5. The third-order valence-electron chi connectivity index (χ3n) is 2.40. The first-order valence-corrected chi connectivity index (χ1v) is 5.57. The van der Waals surface area contributed by atoms with Crippen LogP contribution in [-0.4, -0.2) is 24.3 Å². The van der Waals surface area contributed by atoms with Crippen molar-refractivity contribution >= 4 is 5.97 Å². The van der Waals surface area contributed by atoms with Gasteiger partial charge < -0.3 is 9.84 Å². The molecule has 1 N–H and O–H groups in total. The molecule has 0 saturated heterocycles. The molecule has 0 aliphatic carbocycles. The number of hydrogen-bond acceptors (Lipinski definition) is 3. The minimum absolute atomic E-state index is 0.187. The highest BCUT2D eigenvalue weighted by Gasteiger charge is 2.06. The van der Waals surface area contributed by atoms with Gasteiger partial charge in [-0.1, -0.05) is 25.1 Å². The van der Waals surface area contributed by atoms with E-state index in [9.17, 15) is 4.79 Å². The highest BCUT2D eigenvalue weighted by atomic mass is 16.5. The molecule has 1 atom stereocenters. The van der Waals surface area contributed by atoms with Gasteiger partial charge in [0.15, 0.2) is 0 Å². The van der Waals surface area contributed by atoms with E-state index in [4.69, 9.17) is 9.84 Å². The van der Waals surface area contributed by atoms with Crippen molar-refractivity contribution in [2.24, 2.45) is 5.92 Å². The summed E-state index contributed by atoms with van der Waals surface area (Å²) in [5.41, 5.74) is 0.581. The highest BCUT2D eigenvalue weighted by molar-refractivity contribution is 5.89. The van der Waals surface area contributed by atoms with E-state index in [0.29, 0.717) is 12.2 Å². The molecule has 0 radical (unpaired) electrons. The number of carbonyl (C=O) groups is 1. The number of aliphatic hydroxyl groups excluding tert-OH is 1. The Balaban J connectivity index is 2.21. The smallest absolute Gasteiger partial charge is 0.338 e. The summed E-state index contributed by atoms with van der Waals surface area (Å²) in [6.07, 6.45) is 1.67. The number of hydrogen-bond donors (Lipinski definition) is 1. The van der Waals surface area contributed by atoms with Crippen molar-refractivity contribution in [3.05, 3.63) is 35.9 Å². The van der Waals surface area contributed by atoms with Crippen LogP contribution in [0.15, 0.2) is 30.3 Å². The minimum atomic E-state index is -0.280.